The van der Waals surface area contributed by atoms with Gasteiger partial charge in [0, 0.05) is 11.6 Å². The first-order chi connectivity index (χ1) is 10.1. The van der Waals surface area contributed by atoms with Crippen LogP contribution < -0.4 is 10.5 Å². The van der Waals surface area contributed by atoms with E-state index in [1.54, 1.807) is 19.2 Å². The number of ether oxygens (including phenoxy) is 2. The number of benzene rings is 2. The first-order valence-electron chi connectivity index (χ1n) is 6.17. The standard InChI is InChI=1S/C15H15BrN2O3/c1-20-9-10-3-2-4-12(7-10)21-14-6-5-11(16)8-13(14)15(17)18-19/h2-8,19H,9H2,1H3,(H2,17,18). The minimum absolute atomic E-state index is 0.0145. The number of halogens is 1. The van der Waals surface area contributed by atoms with E-state index in [2.05, 4.69) is 21.1 Å². The molecule has 0 aliphatic carbocycles. The molecule has 5 nitrogen and oxygen atoms in total. The van der Waals surface area contributed by atoms with Gasteiger partial charge in [0.25, 0.3) is 0 Å². The first-order valence-corrected chi connectivity index (χ1v) is 6.96. The molecule has 0 bridgehead atoms. The van der Waals surface area contributed by atoms with E-state index in [9.17, 15) is 0 Å². The summed E-state index contributed by atoms with van der Waals surface area (Å²) in [5.74, 6) is 1.14. The lowest BCUT2D eigenvalue weighted by molar-refractivity contribution is 0.184. The van der Waals surface area contributed by atoms with E-state index in [4.69, 9.17) is 20.4 Å². The van der Waals surface area contributed by atoms with Gasteiger partial charge >= 0.3 is 0 Å². The molecule has 0 unspecified atom stereocenters. The maximum Gasteiger partial charge on any atom is 0.173 e. The third-order valence-electron chi connectivity index (χ3n) is 2.76. The molecule has 110 valence electrons. The molecule has 6 heteroatoms. The van der Waals surface area contributed by atoms with E-state index in [1.165, 1.54) is 0 Å². The van der Waals surface area contributed by atoms with Crippen molar-refractivity contribution in [3.8, 4) is 11.5 Å². The fourth-order valence-electron chi connectivity index (χ4n) is 1.84. The van der Waals surface area contributed by atoms with Crippen LogP contribution in [0.5, 0.6) is 11.5 Å². The average molecular weight is 351 g/mol. The Kier molecular flexibility index (Phi) is 5.19. The molecule has 0 saturated carbocycles. The van der Waals surface area contributed by atoms with Crippen LogP contribution in [0.4, 0.5) is 0 Å². The Morgan fingerprint density at radius 2 is 2.10 bits per heavy atom. The van der Waals surface area contributed by atoms with Crippen molar-refractivity contribution in [1.82, 2.24) is 0 Å². The van der Waals surface area contributed by atoms with Crippen molar-refractivity contribution in [2.75, 3.05) is 7.11 Å². The molecule has 0 radical (unpaired) electrons. The van der Waals surface area contributed by atoms with Gasteiger partial charge in [-0.1, -0.05) is 33.2 Å². The number of nitrogens with zero attached hydrogens (tertiary/aromatic N) is 1. The van der Waals surface area contributed by atoms with Crippen LogP contribution in [0.3, 0.4) is 0 Å². The number of amidine groups is 1. The van der Waals surface area contributed by atoms with E-state index < -0.39 is 0 Å². The van der Waals surface area contributed by atoms with Gasteiger partial charge in [-0.3, -0.25) is 0 Å². The summed E-state index contributed by atoms with van der Waals surface area (Å²) in [5.41, 5.74) is 7.18. The van der Waals surface area contributed by atoms with Crippen LogP contribution in [0.15, 0.2) is 52.1 Å². The number of hydrogen-bond acceptors (Lipinski definition) is 4. The molecular formula is C15H15BrN2O3. The predicted octanol–water partition coefficient (Wildman–Crippen LogP) is 3.48. The van der Waals surface area contributed by atoms with Crippen molar-refractivity contribution in [1.29, 1.82) is 0 Å². The highest BCUT2D eigenvalue weighted by molar-refractivity contribution is 9.10. The van der Waals surface area contributed by atoms with Crippen molar-refractivity contribution >= 4 is 21.8 Å². The van der Waals surface area contributed by atoms with Gasteiger partial charge in [-0.25, -0.2) is 0 Å². The zero-order valence-corrected chi connectivity index (χ0v) is 13.0. The highest BCUT2D eigenvalue weighted by atomic mass is 79.9. The van der Waals surface area contributed by atoms with Gasteiger partial charge in [0.2, 0.25) is 0 Å². The summed E-state index contributed by atoms with van der Waals surface area (Å²) in [7, 11) is 1.64. The van der Waals surface area contributed by atoms with Crippen molar-refractivity contribution in [3.63, 3.8) is 0 Å². The number of rotatable bonds is 5. The Morgan fingerprint density at radius 3 is 2.81 bits per heavy atom. The second-order valence-electron chi connectivity index (χ2n) is 4.31. The molecule has 0 atom stereocenters. The molecule has 2 rings (SSSR count). The summed E-state index contributed by atoms with van der Waals surface area (Å²) in [6.45, 7) is 0.505. The lowest BCUT2D eigenvalue weighted by Crippen LogP contribution is -2.14. The summed E-state index contributed by atoms with van der Waals surface area (Å²) >= 11 is 3.35. The zero-order chi connectivity index (χ0) is 15.2. The van der Waals surface area contributed by atoms with E-state index in [-0.39, 0.29) is 5.84 Å². The van der Waals surface area contributed by atoms with E-state index in [0.29, 0.717) is 23.7 Å². The molecule has 0 amide bonds. The smallest absolute Gasteiger partial charge is 0.173 e. The van der Waals surface area contributed by atoms with Crippen LogP contribution in [0.1, 0.15) is 11.1 Å². The Labute approximate surface area is 131 Å². The fourth-order valence-corrected chi connectivity index (χ4v) is 2.20. The Balaban J connectivity index is 2.33. The van der Waals surface area contributed by atoms with Gasteiger partial charge in [0.05, 0.1) is 12.2 Å². The molecule has 3 N–H and O–H groups in total. The van der Waals surface area contributed by atoms with E-state index in [0.717, 1.165) is 10.0 Å². The molecule has 0 aromatic heterocycles. The Morgan fingerprint density at radius 1 is 1.29 bits per heavy atom. The topological polar surface area (TPSA) is 77.1 Å². The van der Waals surface area contributed by atoms with Gasteiger partial charge in [-0.05, 0) is 35.9 Å². The van der Waals surface area contributed by atoms with Gasteiger partial charge in [-0.15, -0.1) is 0 Å². The number of oxime groups is 1. The molecule has 2 aromatic rings. The van der Waals surface area contributed by atoms with Crippen molar-refractivity contribution in [2.45, 2.75) is 6.61 Å². The van der Waals surface area contributed by atoms with Crippen LogP contribution in [0, 0.1) is 0 Å². The molecular weight excluding hydrogens is 336 g/mol. The molecule has 0 aliphatic rings. The molecule has 2 aromatic carbocycles. The average Bonchev–Trinajstić information content (AvgIpc) is 2.49. The number of methoxy groups -OCH3 is 1. The number of nitrogens with two attached hydrogens (primary N) is 1. The molecule has 0 aliphatic heterocycles. The fraction of sp³-hybridized carbons (Fsp3) is 0.133. The van der Waals surface area contributed by atoms with Crippen molar-refractivity contribution < 1.29 is 14.7 Å². The number of hydrogen-bond donors (Lipinski definition) is 2. The van der Waals surface area contributed by atoms with Gasteiger partial charge in [0.15, 0.2) is 5.84 Å². The minimum Gasteiger partial charge on any atom is -0.457 e. The second kappa shape index (κ2) is 7.10. The Hall–Kier alpha value is -2.05. The summed E-state index contributed by atoms with van der Waals surface area (Å²) in [5, 5.41) is 11.9. The van der Waals surface area contributed by atoms with E-state index in [1.807, 2.05) is 30.3 Å². The van der Waals surface area contributed by atoms with Crippen LogP contribution in [-0.2, 0) is 11.3 Å². The molecule has 0 heterocycles. The van der Waals surface area contributed by atoms with Crippen molar-refractivity contribution in [3.05, 3.63) is 58.1 Å². The maximum absolute atomic E-state index is 8.86. The van der Waals surface area contributed by atoms with Gasteiger partial charge < -0.3 is 20.4 Å². The van der Waals surface area contributed by atoms with Crippen LogP contribution in [-0.4, -0.2) is 18.2 Å². The first kappa shape index (κ1) is 15.3. The van der Waals surface area contributed by atoms with Crippen LogP contribution >= 0.6 is 15.9 Å². The molecule has 0 saturated heterocycles. The monoisotopic (exact) mass is 350 g/mol. The SMILES string of the molecule is COCc1cccc(Oc2ccc(Br)cc2/C(N)=N/O)c1. The Bertz CT molecular complexity index is 659. The third-order valence-corrected chi connectivity index (χ3v) is 3.26. The lowest BCUT2D eigenvalue weighted by atomic mass is 10.2. The summed E-state index contributed by atoms with van der Waals surface area (Å²) in [4.78, 5) is 0. The maximum atomic E-state index is 8.86. The molecule has 21 heavy (non-hydrogen) atoms. The minimum atomic E-state index is -0.0145. The molecule has 0 spiro atoms. The quantitative estimate of drug-likeness (QED) is 0.374. The largest absolute Gasteiger partial charge is 0.457 e. The normalized spacial score (nSPS) is 11.4. The lowest BCUT2D eigenvalue weighted by Gasteiger charge is -2.11. The summed E-state index contributed by atoms with van der Waals surface area (Å²) < 4.78 is 11.7. The zero-order valence-electron chi connectivity index (χ0n) is 11.4. The highest BCUT2D eigenvalue weighted by Gasteiger charge is 2.10. The summed E-state index contributed by atoms with van der Waals surface area (Å²) in [6, 6.07) is 12.8. The summed E-state index contributed by atoms with van der Waals surface area (Å²) in [6.07, 6.45) is 0. The third kappa shape index (κ3) is 3.96. The van der Waals surface area contributed by atoms with Crippen molar-refractivity contribution in [2.24, 2.45) is 10.9 Å². The van der Waals surface area contributed by atoms with Gasteiger partial charge in [0.1, 0.15) is 11.5 Å². The second-order valence-corrected chi connectivity index (χ2v) is 5.22. The van der Waals surface area contributed by atoms with Crippen LogP contribution in [0.25, 0.3) is 0 Å². The highest BCUT2D eigenvalue weighted by Crippen LogP contribution is 2.28. The molecule has 0 fully saturated rings. The van der Waals surface area contributed by atoms with Gasteiger partial charge in [-0.2, -0.15) is 0 Å². The predicted molar refractivity (Wildman–Crippen MR) is 83.9 cm³/mol. The van der Waals surface area contributed by atoms with Crippen LogP contribution in [0.2, 0.25) is 0 Å². The van der Waals surface area contributed by atoms with E-state index >= 15 is 0 Å².